The van der Waals surface area contributed by atoms with Crippen molar-refractivity contribution < 1.29 is 9.53 Å². The molecule has 0 saturated heterocycles. The van der Waals surface area contributed by atoms with Crippen LogP contribution in [0.15, 0.2) is 84.9 Å². The highest BCUT2D eigenvalue weighted by Crippen LogP contribution is 2.26. The predicted molar refractivity (Wildman–Crippen MR) is 128 cm³/mol. The molecule has 1 amide bonds. The van der Waals surface area contributed by atoms with Crippen molar-refractivity contribution in [3.05, 3.63) is 90.5 Å². The van der Waals surface area contributed by atoms with Gasteiger partial charge in [0, 0.05) is 16.8 Å². The van der Waals surface area contributed by atoms with Crippen LogP contribution in [0.2, 0.25) is 0 Å². The Kier molecular flexibility index (Phi) is 6.41. The van der Waals surface area contributed by atoms with E-state index in [1.807, 2.05) is 91.9 Å². The average Bonchev–Trinajstić information content (AvgIpc) is 2.84. The molecule has 0 aliphatic heterocycles. The first kappa shape index (κ1) is 21.1. The van der Waals surface area contributed by atoms with E-state index in [-0.39, 0.29) is 18.4 Å². The molecule has 3 aromatic carbocycles. The lowest BCUT2D eigenvalue weighted by Crippen LogP contribution is -2.23. The first-order chi connectivity index (χ1) is 15.6. The average molecular weight is 425 g/mol. The van der Waals surface area contributed by atoms with Crippen molar-refractivity contribution in [1.82, 2.24) is 9.97 Å². The molecule has 4 rings (SSSR count). The number of ether oxygens (including phenoxy) is 1. The molecule has 32 heavy (non-hydrogen) atoms. The minimum Gasteiger partial charge on any atom is -0.497 e. The number of nitrogens with one attached hydrogen (secondary N) is 2. The summed E-state index contributed by atoms with van der Waals surface area (Å²) in [4.78, 5) is 21.8. The van der Waals surface area contributed by atoms with Crippen LogP contribution in [0.25, 0.3) is 22.5 Å². The number of hydrogen-bond donors (Lipinski definition) is 2. The van der Waals surface area contributed by atoms with E-state index >= 15 is 0 Å². The summed E-state index contributed by atoms with van der Waals surface area (Å²) < 4.78 is 5.25. The van der Waals surface area contributed by atoms with Gasteiger partial charge in [-0.25, -0.2) is 9.97 Å². The molecule has 160 valence electrons. The van der Waals surface area contributed by atoms with E-state index in [0.717, 1.165) is 33.8 Å². The number of carbonyl (C=O) groups is 1. The third-order valence-electron chi connectivity index (χ3n) is 5.02. The zero-order chi connectivity index (χ0) is 22.3. The molecule has 0 atom stereocenters. The second-order valence-electron chi connectivity index (χ2n) is 7.27. The van der Waals surface area contributed by atoms with Gasteiger partial charge >= 0.3 is 0 Å². The van der Waals surface area contributed by atoms with Crippen molar-refractivity contribution in [2.24, 2.45) is 0 Å². The van der Waals surface area contributed by atoms with Crippen molar-refractivity contribution in [3.8, 4) is 28.3 Å². The molecule has 0 spiro atoms. The van der Waals surface area contributed by atoms with Crippen LogP contribution in [0.4, 0.5) is 11.6 Å². The number of aryl methyl sites for hydroxylation is 1. The Hall–Kier alpha value is -4.19. The summed E-state index contributed by atoms with van der Waals surface area (Å²) in [5, 5.41) is 5.98. The highest BCUT2D eigenvalue weighted by molar-refractivity contribution is 5.92. The fraction of sp³-hybridized carbons (Fsp3) is 0.115. The van der Waals surface area contributed by atoms with Gasteiger partial charge in [-0.3, -0.25) is 10.1 Å². The number of amides is 1. The lowest BCUT2D eigenvalue weighted by Gasteiger charge is -2.12. The third kappa shape index (κ3) is 5.10. The molecule has 0 radical (unpaired) electrons. The molecule has 6 heteroatoms. The summed E-state index contributed by atoms with van der Waals surface area (Å²) in [6, 6.07) is 27.2. The van der Waals surface area contributed by atoms with Crippen molar-refractivity contribution in [1.29, 1.82) is 0 Å². The maximum Gasteiger partial charge on any atom is 0.246 e. The molecule has 0 aliphatic rings. The molecular weight excluding hydrogens is 400 g/mol. The van der Waals surface area contributed by atoms with Gasteiger partial charge in [0.2, 0.25) is 11.9 Å². The van der Waals surface area contributed by atoms with E-state index in [1.165, 1.54) is 0 Å². The van der Waals surface area contributed by atoms with Gasteiger partial charge in [0.15, 0.2) is 0 Å². The van der Waals surface area contributed by atoms with Gasteiger partial charge in [-0.05, 0) is 48.9 Å². The van der Waals surface area contributed by atoms with Gasteiger partial charge in [0.25, 0.3) is 0 Å². The highest BCUT2D eigenvalue weighted by atomic mass is 16.5. The maximum absolute atomic E-state index is 12.6. The van der Waals surface area contributed by atoms with Gasteiger partial charge in [-0.2, -0.15) is 0 Å². The Bertz CT molecular complexity index is 1210. The summed E-state index contributed by atoms with van der Waals surface area (Å²) in [6.07, 6.45) is 0. The Balaban J connectivity index is 1.60. The van der Waals surface area contributed by atoms with Gasteiger partial charge in [0.05, 0.1) is 25.0 Å². The standard InChI is InChI=1S/C26H24N4O2/c1-18-8-6-7-11-22(18)27-17-25(31)30-26-28-23(19-9-4-3-5-10-19)16-24(29-26)20-12-14-21(32-2)15-13-20/h3-16,27H,17H2,1-2H3,(H,28,29,30,31). The van der Waals surface area contributed by atoms with Crippen LogP contribution < -0.4 is 15.4 Å². The highest BCUT2D eigenvalue weighted by Gasteiger charge is 2.12. The number of carbonyl (C=O) groups excluding carboxylic acids is 1. The molecule has 6 nitrogen and oxygen atoms in total. The SMILES string of the molecule is COc1ccc(-c2cc(-c3ccccc3)nc(NC(=O)CNc3ccccc3C)n2)cc1. The normalized spacial score (nSPS) is 10.4. The van der Waals surface area contributed by atoms with Crippen LogP contribution in [0.1, 0.15) is 5.56 Å². The number of methoxy groups -OCH3 is 1. The summed E-state index contributed by atoms with van der Waals surface area (Å²) in [7, 11) is 1.63. The summed E-state index contributed by atoms with van der Waals surface area (Å²) >= 11 is 0. The van der Waals surface area contributed by atoms with Crippen LogP contribution in [-0.2, 0) is 4.79 Å². The minimum absolute atomic E-state index is 0.113. The van der Waals surface area contributed by atoms with E-state index in [0.29, 0.717) is 5.69 Å². The van der Waals surface area contributed by atoms with Gasteiger partial charge in [-0.1, -0.05) is 48.5 Å². The first-order valence-corrected chi connectivity index (χ1v) is 10.3. The number of nitrogens with zero attached hydrogens (tertiary/aromatic N) is 2. The monoisotopic (exact) mass is 424 g/mol. The third-order valence-corrected chi connectivity index (χ3v) is 5.02. The van der Waals surface area contributed by atoms with Crippen LogP contribution in [0.5, 0.6) is 5.75 Å². The van der Waals surface area contributed by atoms with Crippen LogP contribution >= 0.6 is 0 Å². The molecule has 2 N–H and O–H groups in total. The molecule has 0 bridgehead atoms. The van der Waals surface area contributed by atoms with Crippen molar-refractivity contribution in [2.45, 2.75) is 6.92 Å². The zero-order valence-electron chi connectivity index (χ0n) is 18.0. The zero-order valence-corrected chi connectivity index (χ0v) is 18.0. The topological polar surface area (TPSA) is 76.1 Å². The molecular formula is C26H24N4O2. The minimum atomic E-state index is -0.223. The smallest absolute Gasteiger partial charge is 0.246 e. The van der Waals surface area contributed by atoms with Crippen molar-refractivity contribution in [3.63, 3.8) is 0 Å². The molecule has 0 fully saturated rings. The number of anilines is 2. The maximum atomic E-state index is 12.6. The Morgan fingerprint density at radius 3 is 2.12 bits per heavy atom. The first-order valence-electron chi connectivity index (χ1n) is 10.3. The molecule has 0 aliphatic carbocycles. The molecule has 1 heterocycles. The fourth-order valence-electron chi connectivity index (χ4n) is 3.29. The number of aromatic nitrogens is 2. The van der Waals surface area contributed by atoms with E-state index in [9.17, 15) is 4.79 Å². The second kappa shape index (κ2) is 9.75. The Morgan fingerprint density at radius 2 is 1.47 bits per heavy atom. The lowest BCUT2D eigenvalue weighted by molar-refractivity contribution is -0.114. The molecule has 0 unspecified atom stereocenters. The van der Waals surface area contributed by atoms with Crippen molar-refractivity contribution in [2.75, 3.05) is 24.3 Å². The quantitative estimate of drug-likeness (QED) is 0.428. The molecule has 0 saturated carbocycles. The largest absolute Gasteiger partial charge is 0.497 e. The Labute approximate surface area is 187 Å². The molecule has 1 aromatic heterocycles. The van der Waals surface area contributed by atoms with Gasteiger partial charge in [-0.15, -0.1) is 0 Å². The van der Waals surface area contributed by atoms with E-state index in [4.69, 9.17) is 4.74 Å². The Morgan fingerprint density at radius 1 is 0.844 bits per heavy atom. The van der Waals surface area contributed by atoms with E-state index in [1.54, 1.807) is 7.11 Å². The summed E-state index contributed by atoms with van der Waals surface area (Å²) in [5.74, 6) is 0.801. The van der Waals surface area contributed by atoms with Crippen LogP contribution in [-0.4, -0.2) is 29.5 Å². The fourth-order valence-corrected chi connectivity index (χ4v) is 3.29. The number of hydrogen-bond acceptors (Lipinski definition) is 5. The summed E-state index contributed by atoms with van der Waals surface area (Å²) in [6.45, 7) is 2.11. The number of para-hydroxylation sites is 1. The van der Waals surface area contributed by atoms with Gasteiger partial charge in [0.1, 0.15) is 5.75 Å². The van der Waals surface area contributed by atoms with Crippen molar-refractivity contribution >= 4 is 17.5 Å². The van der Waals surface area contributed by atoms with Crippen LogP contribution in [0.3, 0.4) is 0 Å². The van der Waals surface area contributed by atoms with E-state index < -0.39 is 0 Å². The number of benzene rings is 3. The lowest BCUT2D eigenvalue weighted by atomic mass is 10.1. The summed E-state index contributed by atoms with van der Waals surface area (Å²) in [5.41, 5.74) is 5.28. The predicted octanol–water partition coefficient (Wildman–Crippen LogP) is 5.18. The van der Waals surface area contributed by atoms with E-state index in [2.05, 4.69) is 20.6 Å². The second-order valence-corrected chi connectivity index (χ2v) is 7.27. The van der Waals surface area contributed by atoms with Crippen LogP contribution in [0, 0.1) is 6.92 Å². The number of rotatable bonds is 7. The molecule has 4 aromatic rings. The van der Waals surface area contributed by atoms with Gasteiger partial charge < -0.3 is 10.1 Å².